The summed E-state index contributed by atoms with van der Waals surface area (Å²) in [4.78, 5) is 28.5. The molecule has 1 N–H and O–H groups in total. The van der Waals surface area contributed by atoms with Crippen LogP contribution in [0.3, 0.4) is 0 Å². The molecule has 0 saturated heterocycles. The molecule has 39 heavy (non-hydrogen) atoms. The van der Waals surface area contributed by atoms with Gasteiger partial charge in [0.15, 0.2) is 0 Å². The van der Waals surface area contributed by atoms with Gasteiger partial charge in [0.05, 0.1) is 22.7 Å². The van der Waals surface area contributed by atoms with E-state index in [9.17, 15) is 18.0 Å². The molecule has 0 radical (unpaired) electrons. The maximum atomic E-state index is 13.9. The first-order valence-electron chi connectivity index (χ1n) is 12.4. The highest BCUT2D eigenvalue weighted by Crippen LogP contribution is 2.30. The highest BCUT2D eigenvalue weighted by molar-refractivity contribution is 7.92. The zero-order valence-corrected chi connectivity index (χ0v) is 24.3. The molecule has 0 spiro atoms. The summed E-state index contributed by atoms with van der Waals surface area (Å²) in [6, 6.07) is 20.5. The van der Waals surface area contributed by atoms with Gasteiger partial charge in [0.2, 0.25) is 11.8 Å². The Labute approximate surface area is 235 Å². The van der Waals surface area contributed by atoms with E-state index in [1.165, 1.54) is 17.0 Å². The highest BCUT2D eigenvalue weighted by atomic mass is 35.5. The largest absolute Gasteiger partial charge is 0.497 e. The van der Waals surface area contributed by atoms with Crippen molar-refractivity contribution in [3.8, 4) is 5.75 Å². The molecule has 0 fully saturated rings. The number of anilines is 1. The average Bonchev–Trinajstić information content (AvgIpc) is 2.90. The van der Waals surface area contributed by atoms with Crippen molar-refractivity contribution in [3.05, 3.63) is 89.4 Å². The lowest BCUT2D eigenvalue weighted by molar-refractivity contribution is -0.140. The number of sulfonamides is 1. The van der Waals surface area contributed by atoms with E-state index >= 15 is 0 Å². The number of para-hydroxylation sites is 1. The number of hydrogen-bond acceptors (Lipinski definition) is 5. The molecule has 10 heteroatoms. The van der Waals surface area contributed by atoms with Gasteiger partial charge in [0, 0.05) is 12.1 Å². The number of amides is 2. The van der Waals surface area contributed by atoms with E-state index in [2.05, 4.69) is 5.32 Å². The summed E-state index contributed by atoms with van der Waals surface area (Å²) in [5, 5.41) is 3.07. The molecule has 3 aromatic rings. The van der Waals surface area contributed by atoms with Gasteiger partial charge in [-0.25, -0.2) is 8.42 Å². The lowest BCUT2D eigenvalue weighted by Crippen LogP contribution is -2.54. The Balaban J connectivity index is 2.03. The number of halogens is 1. The standard InChI is InChI=1S/C29H34ClN3O5S/c1-21(28(35)31-29(2,3)4)32(19-22-15-17-23(38-5)18-16-22)27(34)20-33(26-14-10-9-13-25(26)30)39(36,37)24-11-7-6-8-12-24/h6-18,21H,19-20H2,1-5H3,(H,31,35). The van der Waals surface area contributed by atoms with Gasteiger partial charge in [-0.05, 0) is 69.7 Å². The van der Waals surface area contributed by atoms with Crippen LogP contribution in [-0.2, 0) is 26.2 Å². The van der Waals surface area contributed by atoms with Crippen LogP contribution in [0.4, 0.5) is 5.69 Å². The number of hydrogen-bond donors (Lipinski definition) is 1. The van der Waals surface area contributed by atoms with Crippen molar-refractivity contribution in [2.45, 2.75) is 50.7 Å². The summed E-state index contributed by atoms with van der Waals surface area (Å²) in [6.07, 6.45) is 0. The minimum Gasteiger partial charge on any atom is -0.497 e. The zero-order valence-electron chi connectivity index (χ0n) is 22.7. The van der Waals surface area contributed by atoms with Gasteiger partial charge in [0.1, 0.15) is 18.3 Å². The first-order chi connectivity index (χ1) is 18.3. The van der Waals surface area contributed by atoms with Crippen LogP contribution in [0.15, 0.2) is 83.8 Å². The maximum absolute atomic E-state index is 13.9. The second kappa shape index (κ2) is 12.5. The Morgan fingerprint density at radius 1 is 0.949 bits per heavy atom. The number of nitrogens with zero attached hydrogens (tertiary/aromatic N) is 2. The second-order valence-corrected chi connectivity index (χ2v) is 12.3. The number of nitrogens with one attached hydrogen (secondary N) is 1. The molecule has 8 nitrogen and oxygen atoms in total. The molecule has 0 aliphatic rings. The average molecular weight is 572 g/mol. The van der Waals surface area contributed by atoms with Crippen molar-refractivity contribution in [1.82, 2.24) is 10.2 Å². The van der Waals surface area contributed by atoms with Crippen molar-refractivity contribution in [2.75, 3.05) is 18.0 Å². The van der Waals surface area contributed by atoms with E-state index < -0.39 is 34.1 Å². The minimum atomic E-state index is -4.18. The Morgan fingerprint density at radius 3 is 2.10 bits per heavy atom. The number of ether oxygens (including phenoxy) is 1. The van der Waals surface area contributed by atoms with Crippen LogP contribution in [0.1, 0.15) is 33.3 Å². The fourth-order valence-corrected chi connectivity index (χ4v) is 5.61. The first-order valence-corrected chi connectivity index (χ1v) is 14.2. The van der Waals surface area contributed by atoms with Gasteiger partial charge in [-0.2, -0.15) is 0 Å². The fraction of sp³-hybridized carbons (Fsp3) is 0.310. The van der Waals surface area contributed by atoms with Crippen molar-refractivity contribution in [1.29, 1.82) is 0 Å². The summed E-state index contributed by atoms with van der Waals surface area (Å²) in [6.45, 7) is 6.66. The van der Waals surface area contributed by atoms with Crippen molar-refractivity contribution >= 4 is 39.1 Å². The van der Waals surface area contributed by atoms with E-state index in [4.69, 9.17) is 16.3 Å². The highest BCUT2D eigenvalue weighted by Gasteiger charge is 2.34. The Morgan fingerprint density at radius 2 is 1.54 bits per heavy atom. The molecule has 0 aliphatic carbocycles. The number of benzene rings is 3. The minimum absolute atomic E-state index is 0.0120. The van der Waals surface area contributed by atoms with Crippen LogP contribution < -0.4 is 14.4 Å². The van der Waals surface area contributed by atoms with Crippen molar-refractivity contribution < 1.29 is 22.7 Å². The normalized spacial score (nSPS) is 12.4. The summed E-state index contributed by atoms with van der Waals surface area (Å²) in [7, 11) is -2.62. The van der Waals surface area contributed by atoms with E-state index in [0.29, 0.717) is 5.75 Å². The SMILES string of the molecule is COc1ccc(CN(C(=O)CN(c2ccccc2Cl)S(=O)(=O)c2ccccc2)C(C)C(=O)NC(C)(C)C)cc1. The zero-order chi connectivity index (χ0) is 28.8. The summed E-state index contributed by atoms with van der Waals surface area (Å²) in [5.74, 6) is -0.282. The third kappa shape index (κ3) is 7.74. The Kier molecular flexibility index (Phi) is 9.63. The van der Waals surface area contributed by atoms with Crippen LogP contribution in [0.5, 0.6) is 5.75 Å². The van der Waals surface area contributed by atoms with Crippen LogP contribution in [-0.4, -0.2) is 50.4 Å². The quantitative estimate of drug-likeness (QED) is 0.374. The lowest BCUT2D eigenvalue weighted by atomic mass is 10.1. The van der Waals surface area contributed by atoms with Crippen molar-refractivity contribution in [2.24, 2.45) is 0 Å². The summed E-state index contributed by atoms with van der Waals surface area (Å²) >= 11 is 6.41. The summed E-state index contributed by atoms with van der Waals surface area (Å²) < 4.78 is 33.7. The number of methoxy groups -OCH3 is 1. The van der Waals surface area contributed by atoms with Gasteiger partial charge < -0.3 is 15.0 Å². The number of rotatable bonds is 10. The summed E-state index contributed by atoms with van der Waals surface area (Å²) in [5.41, 5.74) is 0.378. The molecule has 0 aliphatic heterocycles. The third-order valence-electron chi connectivity index (χ3n) is 5.91. The van der Waals surface area contributed by atoms with Crippen LogP contribution >= 0.6 is 11.6 Å². The molecule has 0 aromatic heterocycles. The molecule has 3 rings (SSSR count). The van der Waals surface area contributed by atoms with E-state index in [0.717, 1.165) is 9.87 Å². The van der Waals surface area contributed by atoms with Crippen LogP contribution in [0, 0.1) is 0 Å². The molecule has 3 aromatic carbocycles. The van der Waals surface area contributed by atoms with Crippen LogP contribution in [0.25, 0.3) is 0 Å². The smallest absolute Gasteiger partial charge is 0.264 e. The van der Waals surface area contributed by atoms with Gasteiger partial charge in [-0.3, -0.25) is 13.9 Å². The molecule has 0 heterocycles. The molecular formula is C29H34ClN3O5S. The predicted octanol–water partition coefficient (Wildman–Crippen LogP) is 4.88. The first kappa shape index (κ1) is 30.0. The van der Waals surface area contributed by atoms with E-state index in [1.807, 2.05) is 20.8 Å². The Bertz CT molecular complexity index is 1390. The monoisotopic (exact) mass is 571 g/mol. The molecule has 0 bridgehead atoms. The van der Waals surface area contributed by atoms with Crippen molar-refractivity contribution in [3.63, 3.8) is 0 Å². The molecule has 1 atom stereocenters. The number of carbonyl (C=O) groups excluding carboxylic acids is 2. The fourth-order valence-electron chi connectivity index (χ4n) is 3.87. The molecule has 0 saturated carbocycles. The predicted molar refractivity (Wildman–Crippen MR) is 153 cm³/mol. The molecule has 1 unspecified atom stereocenters. The van der Waals surface area contributed by atoms with Gasteiger partial charge in [-0.1, -0.05) is 54.1 Å². The molecular weight excluding hydrogens is 538 g/mol. The van der Waals surface area contributed by atoms with Gasteiger partial charge in [-0.15, -0.1) is 0 Å². The molecule has 208 valence electrons. The Hall–Kier alpha value is -3.56. The third-order valence-corrected chi connectivity index (χ3v) is 8.00. The topological polar surface area (TPSA) is 96.0 Å². The number of carbonyl (C=O) groups is 2. The second-order valence-electron chi connectivity index (χ2n) is 10.1. The van der Waals surface area contributed by atoms with Gasteiger partial charge >= 0.3 is 0 Å². The van der Waals surface area contributed by atoms with Crippen LogP contribution in [0.2, 0.25) is 5.02 Å². The maximum Gasteiger partial charge on any atom is 0.264 e. The van der Waals surface area contributed by atoms with E-state index in [1.54, 1.807) is 80.8 Å². The van der Waals surface area contributed by atoms with E-state index in [-0.39, 0.29) is 28.1 Å². The molecule has 2 amide bonds. The van der Waals surface area contributed by atoms with Gasteiger partial charge in [0.25, 0.3) is 10.0 Å². The lowest BCUT2D eigenvalue weighted by Gasteiger charge is -2.33.